The molecule has 0 amide bonds. The van der Waals surface area contributed by atoms with Crippen molar-refractivity contribution in [2.45, 2.75) is 49.4 Å². The number of nitriles is 1. The zero-order chi connectivity index (χ0) is 13.8. The molecule has 2 heterocycles. The molecular formula is C13H19N3OS2. The first kappa shape index (κ1) is 14.7. The minimum absolute atomic E-state index is 0.269. The molecule has 1 fully saturated rings. The molecule has 1 aromatic heterocycles. The quantitative estimate of drug-likeness (QED) is 0.848. The minimum Gasteiger partial charge on any atom is -0.339 e. The van der Waals surface area contributed by atoms with Crippen molar-refractivity contribution in [3.05, 3.63) is 11.7 Å². The maximum atomic E-state index is 8.66. The van der Waals surface area contributed by atoms with E-state index in [0.717, 1.165) is 11.6 Å². The molecule has 104 valence electrons. The van der Waals surface area contributed by atoms with Crippen LogP contribution < -0.4 is 0 Å². The van der Waals surface area contributed by atoms with Gasteiger partial charge in [-0.1, -0.05) is 25.9 Å². The zero-order valence-corrected chi connectivity index (χ0v) is 13.1. The van der Waals surface area contributed by atoms with E-state index in [-0.39, 0.29) is 5.92 Å². The van der Waals surface area contributed by atoms with Gasteiger partial charge in [-0.3, -0.25) is 0 Å². The fourth-order valence-corrected chi connectivity index (χ4v) is 4.76. The van der Waals surface area contributed by atoms with Gasteiger partial charge in [0, 0.05) is 29.1 Å². The van der Waals surface area contributed by atoms with Gasteiger partial charge in [0.25, 0.3) is 0 Å². The van der Waals surface area contributed by atoms with E-state index in [9.17, 15) is 0 Å². The second-order valence-electron chi connectivity index (χ2n) is 5.09. The highest BCUT2D eigenvalue weighted by Gasteiger charge is 2.29. The number of hydrogen-bond acceptors (Lipinski definition) is 6. The van der Waals surface area contributed by atoms with Crippen LogP contribution in [0.15, 0.2) is 4.52 Å². The molecular weight excluding hydrogens is 278 g/mol. The molecule has 0 N–H and O–H groups in total. The Labute approximate surface area is 122 Å². The molecule has 1 aliphatic rings. The lowest BCUT2D eigenvalue weighted by molar-refractivity contribution is 0.355. The predicted octanol–water partition coefficient (Wildman–Crippen LogP) is 3.46. The topological polar surface area (TPSA) is 62.7 Å². The summed E-state index contributed by atoms with van der Waals surface area (Å²) < 4.78 is 5.30. The van der Waals surface area contributed by atoms with Gasteiger partial charge in [-0.2, -0.15) is 22.0 Å². The van der Waals surface area contributed by atoms with Crippen LogP contribution in [0, 0.1) is 17.2 Å². The summed E-state index contributed by atoms with van der Waals surface area (Å²) in [6.07, 6.45) is 1.22. The molecule has 0 aromatic carbocycles. The molecule has 1 saturated heterocycles. The van der Waals surface area contributed by atoms with Crippen molar-refractivity contribution in [2.75, 3.05) is 5.75 Å². The van der Waals surface area contributed by atoms with E-state index in [2.05, 4.69) is 30.1 Å². The molecule has 6 heteroatoms. The SMILES string of the molecule is CC(CC#N)Cc1nc(C2CSC(C)C(C)S2)no1. The predicted molar refractivity (Wildman–Crippen MR) is 79.1 cm³/mol. The Bertz CT molecular complexity index is 457. The van der Waals surface area contributed by atoms with E-state index >= 15 is 0 Å². The van der Waals surface area contributed by atoms with Crippen molar-refractivity contribution in [1.29, 1.82) is 5.26 Å². The average molecular weight is 297 g/mol. The Hall–Kier alpha value is -0.670. The van der Waals surface area contributed by atoms with Crippen LogP contribution in [0.5, 0.6) is 0 Å². The highest BCUT2D eigenvalue weighted by molar-refractivity contribution is 8.07. The van der Waals surface area contributed by atoms with Crippen molar-refractivity contribution >= 4 is 23.5 Å². The first-order valence-corrected chi connectivity index (χ1v) is 8.55. The molecule has 19 heavy (non-hydrogen) atoms. The Morgan fingerprint density at radius 3 is 2.95 bits per heavy atom. The van der Waals surface area contributed by atoms with Gasteiger partial charge < -0.3 is 4.52 Å². The largest absolute Gasteiger partial charge is 0.339 e. The number of aromatic nitrogens is 2. The molecule has 0 radical (unpaired) electrons. The summed E-state index contributed by atoms with van der Waals surface area (Å²) >= 11 is 3.91. The fraction of sp³-hybridized carbons (Fsp3) is 0.769. The Kier molecular flexibility index (Phi) is 5.17. The van der Waals surface area contributed by atoms with Crippen LogP contribution in [-0.2, 0) is 6.42 Å². The highest BCUT2D eigenvalue weighted by atomic mass is 32.2. The van der Waals surface area contributed by atoms with Gasteiger partial charge in [-0.15, -0.1) is 11.8 Å². The van der Waals surface area contributed by atoms with Gasteiger partial charge in [0.15, 0.2) is 5.82 Å². The van der Waals surface area contributed by atoms with Crippen LogP contribution >= 0.6 is 23.5 Å². The third-order valence-corrected chi connectivity index (χ3v) is 6.67. The van der Waals surface area contributed by atoms with E-state index in [4.69, 9.17) is 9.78 Å². The molecule has 4 unspecified atom stereocenters. The van der Waals surface area contributed by atoms with Crippen LogP contribution in [0.25, 0.3) is 0 Å². The molecule has 0 bridgehead atoms. The Morgan fingerprint density at radius 1 is 1.47 bits per heavy atom. The second-order valence-corrected chi connectivity index (χ2v) is 8.08. The summed E-state index contributed by atoms with van der Waals surface area (Å²) in [5.41, 5.74) is 0. The Balaban J connectivity index is 1.95. The number of rotatable bonds is 4. The molecule has 0 aliphatic carbocycles. The van der Waals surface area contributed by atoms with Crippen LogP contribution in [-0.4, -0.2) is 26.4 Å². The maximum absolute atomic E-state index is 8.66. The van der Waals surface area contributed by atoms with Gasteiger partial charge in [-0.05, 0) is 5.92 Å². The molecule has 0 spiro atoms. The first-order valence-electron chi connectivity index (χ1n) is 6.56. The molecule has 1 aliphatic heterocycles. The average Bonchev–Trinajstić information content (AvgIpc) is 2.81. The van der Waals surface area contributed by atoms with Gasteiger partial charge in [-0.25, -0.2) is 0 Å². The van der Waals surface area contributed by atoms with Gasteiger partial charge >= 0.3 is 0 Å². The number of nitrogens with zero attached hydrogens (tertiary/aromatic N) is 3. The lowest BCUT2D eigenvalue weighted by Gasteiger charge is -2.29. The van der Waals surface area contributed by atoms with Crippen molar-refractivity contribution in [2.24, 2.45) is 5.92 Å². The Morgan fingerprint density at radius 2 is 2.26 bits per heavy atom. The molecule has 4 atom stereocenters. The summed E-state index contributed by atoms with van der Waals surface area (Å²) in [6.45, 7) is 6.55. The van der Waals surface area contributed by atoms with Crippen molar-refractivity contribution < 1.29 is 4.52 Å². The van der Waals surface area contributed by atoms with E-state index in [0.29, 0.717) is 34.5 Å². The van der Waals surface area contributed by atoms with E-state index in [1.165, 1.54) is 0 Å². The van der Waals surface area contributed by atoms with E-state index < -0.39 is 0 Å². The fourth-order valence-electron chi connectivity index (χ4n) is 1.93. The molecule has 1 aromatic rings. The van der Waals surface area contributed by atoms with Gasteiger partial charge in [0.2, 0.25) is 5.89 Å². The normalized spacial score (nSPS) is 28.8. The van der Waals surface area contributed by atoms with Crippen LogP contribution in [0.4, 0.5) is 0 Å². The molecule has 2 rings (SSSR count). The second kappa shape index (κ2) is 6.67. The molecule has 0 saturated carbocycles. The minimum atomic E-state index is 0.269. The van der Waals surface area contributed by atoms with Crippen molar-refractivity contribution in [3.8, 4) is 6.07 Å². The third-order valence-electron chi connectivity index (χ3n) is 3.29. The summed E-state index contributed by atoms with van der Waals surface area (Å²) in [5.74, 6) is 2.79. The van der Waals surface area contributed by atoms with E-state index in [1.54, 1.807) is 0 Å². The third kappa shape index (κ3) is 3.90. The molecule has 4 nitrogen and oxygen atoms in total. The first-order chi connectivity index (χ1) is 9.10. The maximum Gasteiger partial charge on any atom is 0.226 e. The van der Waals surface area contributed by atoms with E-state index in [1.807, 2.05) is 30.4 Å². The lowest BCUT2D eigenvalue weighted by atomic mass is 10.1. The standard InChI is InChI=1S/C13H19N3OS2/c1-8(4-5-14)6-12-15-13(16-17-12)11-7-18-9(2)10(3)19-11/h8-11H,4,6-7H2,1-3H3. The van der Waals surface area contributed by atoms with Crippen LogP contribution in [0.1, 0.15) is 44.2 Å². The van der Waals surface area contributed by atoms with Crippen molar-refractivity contribution in [3.63, 3.8) is 0 Å². The van der Waals surface area contributed by atoms with Gasteiger partial charge in [0.05, 0.1) is 11.3 Å². The highest BCUT2D eigenvalue weighted by Crippen LogP contribution is 2.43. The lowest BCUT2D eigenvalue weighted by Crippen LogP contribution is -2.22. The van der Waals surface area contributed by atoms with Crippen LogP contribution in [0.2, 0.25) is 0 Å². The zero-order valence-electron chi connectivity index (χ0n) is 11.5. The monoisotopic (exact) mass is 297 g/mol. The summed E-state index contributed by atoms with van der Waals surface area (Å²) in [5, 5.41) is 14.4. The summed E-state index contributed by atoms with van der Waals surface area (Å²) in [7, 11) is 0. The number of thioether (sulfide) groups is 2. The van der Waals surface area contributed by atoms with Crippen LogP contribution in [0.3, 0.4) is 0 Å². The summed E-state index contributed by atoms with van der Waals surface area (Å²) in [4.78, 5) is 4.49. The number of hydrogen-bond donors (Lipinski definition) is 0. The smallest absolute Gasteiger partial charge is 0.226 e. The summed E-state index contributed by atoms with van der Waals surface area (Å²) in [6, 6.07) is 2.17. The van der Waals surface area contributed by atoms with Crippen molar-refractivity contribution in [1.82, 2.24) is 10.1 Å². The van der Waals surface area contributed by atoms with Gasteiger partial charge in [0.1, 0.15) is 0 Å².